The van der Waals surface area contributed by atoms with Crippen LogP contribution in [0.25, 0.3) is 27.9 Å². The molecule has 3 aliphatic rings. The van der Waals surface area contributed by atoms with Gasteiger partial charge in [0.25, 0.3) is 0 Å². The van der Waals surface area contributed by atoms with Gasteiger partial charge < -0.3 is 15.5 Å². The topological polar surface area (TPSA) is 112 Å². The third-order valence-corrected chi connectivity index (χ3v) is 6.99. The van der Waals surface area contributed by atoms with E-state index in [1.54, 1.807) is 6.20 Å². The molecule has 0 atom stereocenters. The summed E-state index contributed by atoms with van der Waals surface area (Å²) in [4.78, 5) is 18.4. The second-order valence-corrected chi connectivity index (χ2v) is 9.43. The van der Waals surface area contributed by atoms with Crippen LogP contribution in [-0.2, 0) is 0 Å². The number of aliphatic imine (C=N–C) groups is 1. The zero-order valence-electron chi connectivity index (χ0n) is 20.7. The lowest BCUT2D eigenvalue weighted by Crippen LogP contribution is -2.44. The van der Waals surface area contributed by atoms with Crippen LogP contribution in [0.3, 0.4) is 0 Å². The van der Waals surface area contributed by atoms with Gasteiger partial charge in [-0.25, -0.2) is 14.5 Å². The van der Waals surface area contributed by atoms with Crippen LogP contribution in [0.5, 0.6) is 0 Å². The minimum Gasteiger partial charge on any atom is -0.382 e. The molecule has 0 saturated carbocycles. The highest BCUT2D eigenvalue weighted by Crippen LogP contribution is 2.25. The largest absolute Gasteiger partial charge is 0.382 e. The molecule has 6 rings (SSSR count). The summed E-state index contributed by atoms with van der Waals surface area (Å²) in [7, 11) is 2.15. The molecule has 5 heterocycles. The minimum absolute atomic E-state index is 0.397. The molecular weight excluding hydrogens is 462 g/mol. The van der Waals surface area contributed by atoms with E-state index in [4.69, 9.17) is 15.8 Å². The smallest absolute Gasteiger partial charge is 0.150 e. The molecule has 1 aliphatic carbocycles. The minimum atomic E-state index is 0.397. The molecule has 0 amide bonds. The van der Waals surface area contributed by atoms with Crippen LogP contribution in [0.2, 0.25) is 0 Å². The summed E-state index contributed by atoms with van der Waals surface area (Å²) in [6.07, 6.45) is 14.5. The summed E-state index contributed by atoms with van der Waals surface area (Å²) in [6.45, 7) is 3.92. The molecule has 9 nitrogen and oxygen atoms in total. The average molecular weight is 490 g/mol. The lowest BCUT2D eigenvalue weighted by molar-refractivity contribution is 0.312. The Morgan fingerprint density at radius 1 is 1.05 bits per heavy atom. The van der Waals surface area contributed by atoms with E-state index < -0.39 is 0 Å². The number of fused-ring (bicyclic) bond motifs is 1. The number of likely N-dealkylation sites (N-methyl/N-ethyl adjacent to an activating group) is 1. The molecule has 1 fully saturated rings. The number of piperazine rings is 1. The molecule has 3 aromatic rings. The summed E-state index contributed by atoms with van der Waals surface area (Å²) in [6, 6.07) is 8.30. The maximum atomic E-state index is 9.47. The number of aromatic nitrogens is 4. The van der Waals surface area contributed by atoms with Crippen LogP contribution in [0.15, 0.2) is 65.5 Å². The first-order valence-corrected chi connectivity index (χ1v) is 12.4. The normalized spacial score (nSPS) is 20.9. The van der Waals surface area contributed by atoms with Crippen molar-refractivity contribution in [2.75, 3.05) is 43.9 Å². The van der Waals surface area contributed by atoms with Gasteiger partial charge in [0.05, 0.1) is 28.0 Å². The Hall–Kier alpha value is -4.55. The number of allylic oxidation sites excluding steroid dienone is 5. The molecule has 0 spiro atoms. The third kappa shape index (κ3) is 4.32. The number of nitrogens with zero attached hydrogens (tertiary/aromatic N) is 8. The summed E-state index contributed by atoms with van der Waals surface area (Å²) < 4.78 is 1.90. The number of anilines is 2. The molecule has 1 saturated heterocycles. The Bertz CT molecular complexity index is 1670. The van der Waals surface area contributed by atoms with Crippen molar-refractivity contribution in [3.05, 3.63) is 71.2 Å². The van der Waals surface area contributed by atoms with Crippen molar-refractivity contribution in [3.8, 4) is 17.3 Å². The Kier molecular flexibility index (Phi) is 5.87. The Balaban J connectivity index is 1.56. The second-order valence-electron chi connectivity index (χ2n) is 9.43. The first-order valence-electron chi connectivity index (χ1n) is 12.4. The predicted molar refractivity (Wildman–Crippen MR) is 146 cm³/mol. The highest BCUT2D eigenvalue weighted by atomic mass is 15.3. The fraction of sp³-hybridized carbons (Fsp3) is 0.250. The molecule has 184 valence electrons. The van der Waals surface area contributed by atoms with E-state index in [1.807, 2.05) is 53.4 Å². The predicted octanol–water partition coefficient (Wildman–Crippen LogP) is 1.82. The first kappa shape index (κ1) is 22.9. The quantitative estimate of drug-likeness (QED) is 0.584. The van der Waals surface area contributed by atoms with Crippen LogP contribution in [0.4, 0.5) is 11.6 Å². The monoisotopic (exact) mass is 489 g/mol. The van der Waals surface area contributed by atoms with Gasteiger partial charge in [0, 0.05) is 56.8 Å². The fourth-order valence-electron chi connectivity index (χ4n) is 4.94. The molecule has 0 bridgehead atoms. The molecule has 0 radical (unpaired) electrons. The Labute approximate surface area is 214 Å². The molecule has 37 heavy (non-hydrogen) atoms. The van der Waals surface area contributed by atoms with Gasteiger partial charge in [-0.1, -0.05) is 6.08 Å². The first-order chi connectivity index (χ1) is 18.1. The van der Waals surface area contributed by atoms with Crippen LogP contribution in [0, 0.1) is 11.3 Å². The van der Waals surface area contributed by atoms with E-state index in [0.29, 0.717) is 24.2 Å². The van der Waals surface area contributed by atoms with Crippen molar-refractivity contribution in [2.24, 2.45) is 4.99 Å². The van der Waals surface area contributed by atoms with Gasteiger partial charge >= 0.3 is 0 Å². The summed E-state index contributed by atoms with van der Waals surface area (Å²) in [5, 5.41) is 16.1. The van der Waals surface area contributed by atoms with E-state index >= 15 is 0 Å². The number of nitrogen functional groups attached to an aromatic ring is 1. The summed E-state index contributed by atoms with van der Waals surface area (Å²) in [5.74, 6) is 1.35. The van der Waals surface area contributed by atoms with Gasteiger partial charge in [0.2, 0.25) is 0 Å². The standard InChI is InChI=1S/C28H27N9/c1-35-11-13-36(14-12-35)25-16-21(7-10-32-25)23-17-24-28(30)33-26(22-4-2-3-19(15-22)18-29)27(37(24)34-23)20-5-8-31-9-6-20/h2-3,5,7-10,15-17H,4,6,11-14H2,1H3,(H2,30,33). The maximum Gasteiger partial charge on any atom is 0.150 e. The zero-order valence-corrected chi connectivity index (χ0v) is 20.7. The fourth-order valence-corrected chi connectivity index (χ4v) is 4.94. The maximum absolute atomic E-state index is 9.47. The van der Waals surface area contributed by atoms with Crippen molar-refractivity contribution >= 4 is 34.5 Å². The molecule has 0 unspecified atom stereocenters. The number of rotatable bonds is 2. The van der Waals surface area contributed by atoms with Crippen LogP contribution < -0.4 is 21.3 Å². The van der Waals surface area contributed by atoms with E-state index in [0.717, 1.165) is 70.6 Å². The van der Waals surface area contributed by atoms with Crippen LogP contribution in [0.1, 0.15) is 12.8 Å². The lowest BCUT2D eigenvalue weighted by Gasteiger charge is -2.33. The van der Waals surface area contributed by atoms with E-state index in [2.05, 4.69) is 39.0 Å². The van der Waals surface area contributed by atoms with Gasteiger partial charge in [-0.2, -0.15) is 10.4 Å². The molecule has 9 heteroatoms. The van der Waals surface area contributed by atoms with E-state index in [9.17, 15) is 5.26 Å². The van der Waals surface area contributed by atoms with Crippen LogP contribution >= 0.6 is 0 Å². The van der Waals surface area contributed by atoms with Gasteiger partial charge in [0.1, 0.15) is 17.2 Å². The highest BCUT2D eigenvalue weighted by molar-refractivity contribution is 5.80. The van der Waals surface area contributed by atoms with Crippen molar-refractivity contribution in [3.63, 3.8) is 0 Å². The third-order valence-electron chi connectivity index (χ3n) is 6.99. The lowest BCUT2D eigenvalue weighted by atomic mass is 10.0. The Morgan fingerprint density at radius 3 is 2.70 bits per heavy atom. The highest BCUT2D eigenvalue weighted by Gasteiger charge is 2.18. The Morgan fingerprint density at radius 2 is 1.92 bits per heavy atom. The van der Waals surface area contributed by atoms with Crippen molar-refractivity contribution < 1.29 is 0 Å². The van der Waals surface area contributed by atoms with E-state index in [1.165, 1.54) is 0 Å². The SMILES string of the molecule is CN1CCN(c2cc(-c3cc4c(N)nc(=C5C=C(C#N)C=CC5)c(=C5C=CN=CC5)n4n3)ccn2)CC1. The van der Waals surface area contributed by atoms with Gasteiger partial charge in [-0.3, -0.25) is 4.99 Å². The number of nitriles is 1. The average Bonchev–Trinajstić information content (AvgIpc) is 3.40. The van der Waals surface area contributed by atoms with Gasteiger partial charge in [-0.05, 0) is 61.0 Å². The number of nitrogens with two attached hydrogens (primary N) is 1. The number of hydrogen-bond acceptors (Lipinski definition) is 8. The van der Waals surface area contributed by atoms with Gasteiger partial charge in [0.15, 0.2) is 0 Å². The summed E-state index contributed by atoms with van der Waals surface area (Å²) in [5.41, 5.74) is 11.6. The van der Waals surface area contributed by atoms with Crippen LogP contribution in [-0.4, -0.2) is 63.9 Å². The van der Waals surface area contributed by atoms with E-state index in [-0.39, 0.29) is 0 Å². The van der Waals surface area contributed by atoms with Crippen molar-refractivity contribution in [1.29, 1.82) is 5.26 Å². The molecule has 0 aromatic carbocycles. The molecular formula is C28H27N9. The number of hydrogen-bond donors (Lipinski definition) is 1. The van der Waals surface area contributed by atoms with Crippen molar-refractivity contribution in [2.45, 2.75) is 12.8 Å². The molecule has 2 N–H and O–H groups in total. The number of pyridine rings is 1. The molecule has 2 aliphatic heterocycles. The second kappa shape index (κ2) is 9.48. The molecule has 3 aromatic heterocycles. The van der Waals surface area contributed by atoms with Crippen molar-refractivity contribution in [1.82, 2.24) is 24.5 Å². The zero-order chi connectivity index (χ0) is 25.4. The summed E-state index contributed by atoms with van der Waals surface area (Å²) >= 11 is 0. The van der Waals surface area contributed by atoms with Gasteiger partial charge in [-0.15, -0.1) is 0 Å².